The highest BCUT2D eigenvalue weighted by Gasteiger charge is 2.30. The van der Waals surface area contributed by atoms with Crippen molar-refractivity contribution in [2.75, 3.05) is 19.8 Å². The van der Waals surface area contributed by atoms with E-state index in [0.29, 0.717) is 13.2 Å². The maximum Gasteiger partial charge on any atom is 0.227 e. The van der Waals surface area contributed by atoms with Gasteiger partial charge in [0.2, 0.25) is 11.8 Å². The summed E-state index contributed by atoms with van der Waals surface area (Å²) in [5.41, 5.74) is 0.149. The fraction of sp³-hybridized carbons (Fsp3) is 0.556. The molecule has 0 radical (unpaired) electrons. The summed E-state index contributed by atoms with van der Waals surface area (Å²) in [7, 11) is 0. The Morgan fingerprint density at radius 3 is 2.76 bits per heavy atom. The predicted molar refractivity (Wildman–Crippen MR) is 86.8 cm³/mol. The first-order valence-electron chi connectivity index (χ1n) is 8.63. The summed E-state index contributed by atoms with van der Waals surface area (Å²) in [6.45, 7) is 1.04. The van der Waals surface area contributed by atoms with Gasteiger partial charge in [-0.2, -0.15) is 0 Å². The number of amides is 2. The minimum absolute atomic E-state index is 0.0917. The lowest BCUT2D eigenvalue weighted by Gasteiger charge is -2.36. The Hall–Kier alpha value is -2.02. The van der Waals surface area contributed by atoms with E-state index >= 15 is 0 Å². The van der Waals surface area contributed by atoms with E-state index in [-0.39, 0.29) is 48.9 Å². The molecule has 2 fully saturated rings. The van der Waals surface area contributed by atoms with Gasteiger partial charge >= 0.3 is 0 Å². The molecule has 136 valence electrons. The molecule has 1 aromatic rings. The van der Waals surface area contributed by atoms with Gasteiger partial charge in [0.25, 0.3) is 0 Å². The van der Waals surface area contributed by atoms with Crippen LogP contribution in [0.25, 0.3) is 0 Å². The number of hydrogen-bond acceptors (Lipinski definition) is 3. The molecule has 1 N–H and O–H groups in total. The van der Waals surface area contributed by atoms with Gasteiger partial charge in [-0.1, -0.05) is 6.07 Å². The topological polar surface area (TPSA) is 58.6 Å². The molecule has 2 amide bonds. The molecule has 1 aliphatic heterocycles. The average Bonchev–Trinajstić information content (AvgIpc) is 2.54. The average molecular weight is 352 g/mol. The van der Waals surface area contributed by atoms with E-state index in [4.69, 9.17) is 4.74 Å². The number of morpholine rings is 1. The van der Waals surface area contributed by atoms with Crippen molar-refractivity contribution in [3.8, 4) is 0 Å². The standard InChI is InChI=1S/C18H22F2N2O3/c19-13-5-4-12(16(20)9-13)8-18(24)22-6-7-25-11-15(22)10-17(23)21-14-2-1-3-14/h4-5,9,14-15H,1-3,6-8,10-11H2,(H,21,23)/t15-/m0/s1. The predicted octanol–water partition coefficient (Wildman–Crippen LogP) is 1.79. The number of rotatable bonds is 5. The number of benzene rings is 1. The van der Waals surface area contributed by atoms with Crippen LogP contribution in [0.2, 0.25) is 0 Å². The van der Waals surface area contributed by atoms with E-state index in [1.807, 2.05) is 0 Å². The second-order valence-corrected chi connectivity index (χ2v) is 6.63. The van der Waals surface area contributed by atoms with Gasteiger partial charge < -0.3 is 15.0 Å². The van der Waals surface area contributed by atoms with E-state index in [0.717, 1.165) is 31.4 Å². The molecular formula is C18H22F2N2O3. The smallest absolute Gasteiger partial charge is 0.227 e. The van der Waals surface area contributed by atoms with Crippen molar-refractivity contribution in [3.63, 3.8) is 0 Å². The third-order valence-electron chi connectivity index (χ3n) is 4.80. The summed E-state index contributed by atoms with van der Waals surface area (Å²) in [6.07, 6.45) is 3.14. The Bertz CT molecular complexity index is 649. The van der Waals surface area contributed by atoms with Crippen molar-refractivity contribution in [1.82, 2.24) is 10.2 Å². The molecule has 0 aromatic heterocycles. The quantitative estimate of drug-likeness (QED) is 0.879. The Morgan fingerprint density at radius 1 is 1.28 bits per heavy atom. The summed E-state index contributed by atoms with van der Waals surface area (Å²) in [5, 5.41) is 2.95. The number of hydrogen-bond donors (Lipinski definition) is 1. The van der Waals surface area contributed by atoms with E-state index in [1.54, 1.807) is 4.90 Å². The monoisotopic (exact) mass is 352 g/mol. The molecule has 3 rings (SSSR count). The summed E-state index contributed by atoms with van der Waals surface area (Å²) in [6, 6.07) is 3.07. The summed E-state index contributed by atoms with van der Waals surface area (Å²) >= 11 is 0. The zero-order chi connectivity index (χ0) is 17.8. The summed E-state index contributed by atoms with van der Waals surface area (Å²) in [5.74, 6) is -1.78. The summed E-state index contributed by atoms with van der Waals surface area (Å²) < 4.78 is 32.2. The largest absolute Gasteiger partial charge is 0.377 e. The first kappa shape index (κ1) is 17.8. The lowest BCUT2D eigenvalue weighted by molar-refractivity contribution is -0.141. The second-order valence-electron chi connectivity index (χ2n) is 6.63. The van der Waals surface area contributed by atoms with Crippen LogP contribution in [0.1, 0.15) is 31.2 Å². The molecule has 5 nitrogen and oxygen atoms in total. The van der Waals surface area contributed by atoms with E-state index in [9.17, 15) is 18.4 Å². The van der Waals surface area contributed by atoms with Crippen molar-refractivity contribution in [3.05, 3.63) is 35.4 Å². The fourth-order valence-electron chi connectivity index (χ4n) is 3.13. The van der Waals surface area contributed by atoms with Crippen LogP contribution in [-0.2, 0) is 20.7 Å². The Morgan fingerprint density at radius 2 is 2.08 bits per heavy atom. The number of halogens is 2. The van der Waals surface area contributed by atoms with Gasteiger partial charge in [0, 0.05) is 25.1 Å². The number of carbonyl (C=O) groups excluding carboxylic acids is 2. The van der Waals surface area contributed by atoms with E-state index in [1.165, 1.54) is 6.07 Å². The molecule has 2 aliphatic rings. The van der Waals surface area contributed by atoms with Gasteiger partial charge in [0.05, 0.1) is 25.7 Å². The lowest BCUT2D eigenvalue weighted by Crippen LogP contribution is -2.52. The van der Waals surface area contributed by atoms with Gasteiger partial charge in [-0.15, -0.1) is 0 Å². The first-order chi connectivity index (χ1) is 12.0. The minimum atomic E-state index is -0.735. The van der Waals surface area contributed by atoms with Gasteiger partial charge in [0.15, 0.2) is 0 Å². The minimum Gasteiger partial charge on any atom is -0.377 e. The second kappa shape index (κ2) is 7.91. The highest BCUT2D eigenvalue weighted by atomic mass is 19.1. The van der Waals surface area contributed by atoms with Gasteiger partial charge in [0.1, 0.15) is 11.6 Å². The molecule has 25 heavy (non-hydrogen) atoms. The van der Waals surface area contributed by atoms with Gasteiger partial charge in [-0.05, 0) is 30.9 Å². The van der Waals surface area contributed by atoms with Crippen LogP contribution < -0.4 is 5.32 Å². The molecule has 1 atom stereocenters. The molecule has 0 unspecified atom stereocenters. The normalized spacial score (nSPS) is 20.9. The Labute approximate surface area is 145 Å². The van der Waals surface area contributed by atoms with Crippen LogP contribution in [0.4, 0.5) is 8.78 Å². The highest BCUT2D eigenvalue weighted by Crippen LogP contribution is 2.19. The molecular weight excluding hydrogens is 330 g/mol. The summed E-state index contributed by atoms with van der Waals surface area (Å²) in [4.78, 5) is 26.3. The zero-order valence-corrected chi connectivity index (χ0v) is 14.0. The van der Waals surface area contributed by atoms with Gasteiger partial charge in [-0.25, -0.2) is 8.78 Å². The number of ether oxygens (including phenoxy) is 1. The number of nitrogens with zero attached hydrogens (tertiary/aromatic N) is 1. The molecule has 1 aliphatic carbocycles. The third kappa shape index (κ3) is 4.54. The van der Waals surface area contributed by atoms with Crippen molar-refractivity contribution in [1.29, 1.82) is 0 Å². The van der Waals surface area contributed by atoms with Crippen LogP contribution in [0.5, 0.6) is 0 Å². The van der Waals surface area contributed by atoms with Gasteiger partial charge in [-0.3, -0.25) is 9.59 Å². The number of nitrogens with one attached hydrogen (secondary N) is 1. The molecule has 0 spiro atoms. The van der Waals surface area contributed by atoms with Crippen molar-refractivity contribution >= 4 is 11.8 Å². The first-order valence-corrected chi connectivity index (χ1v) is 8.63. The molecule has 0 bridgehead atoms. The molecule has 7 heteroatoms. The fourth-order valence-corrected chi connectivity index (χ4v) is 3.13. The van der Waals surface area contributed by atoms with Crippen LogP contribution in [0.3, 0.4) is 0 Å². The van der Waals surface area contributed by atoms with E-state index < -0.39 is 11.6 Å². The van der Waals surface area contributed by atoms with Crippen molar-refractivity contribution < 1.29 is 23.1 Å². The SMILES string of the molecule is O=C(C[C@H]1COCCN1C(=O)Cc1ccc(F)cc1F)NC1CCC1. The Balaban J connectivity index is 1.60. The Kier molecular flexibility index (Phi) is 5.63. The number of carbonyl (C=O) groups is 2. The maximum atomic E-state index is 13.8. The van der Waals surface area contributed by atoms with Crippen LogP contribution in [0, 0.1) is 11.6 Å². The lowest BCUT2D eigenvalue weighted by atomic mass is 9.93. The molecule has 1 saturated heterocycles. The van der Waals surface area contributed by atoms with E-state index in [2.05, 4.69) is 5.32 Å². The molecule has 1 heterocycles. The third-order valence-corrected chi connectivity index (χ3v) is 4.80. The van der Waals surface area contributed by atoms with Crippen LogP contribution in [-0.4, -0.2) is 48.6 Å². The van der Waals surface area contributed by atoms with Crippen molar-refractivity contribution in [2.24, 2.45) is 0 Å². The van der Waals surface area contributed by atoms with Crippen LogP contribution >= 0.6 is 0 Å². The zero-order valence-electron chi connectivity index (χ0n) is 14.0. The highest BCUT2D eigenvalue weighted by molar-refractivity contribution is 5.81. The van der Waals surface area contributed by atoms with Crippen LogP contribution in [0.15, 0.2) is 18.2 Å². The van der Waals surface area contributed by atoms with Crippen molar-refractivity contribution in [2.45, 2.75) is 44.2 Å². The molecule has 1 aromatic carbocycles. The maximum absolute atomic E-state index is 13.8. The molecule has 1 saturated carbocycles.